The molecule has 2 rings (SSSR count). The van der Waals surface area contributed by atoms with Gasteiger partial charge in [0.1, 0.15) is 0 Å². The number of pyridine rings is 1. The number of carbonyl (C=O) groups is 1. The van der Waals surface area contributed by atoms with Crippen LogP contribution in [0.2, 0.25) is 0 Å². The number of halogens is 3. The third-order valence-electron chi connectivity index (χ3n) is 3.65. The summed E-state index contributed by atoms with van der Waals surface area (Å²) in [6, 6.07) is 3.27. The number of hydrogen-bond acceptors (Lipinski definition) is 4. The zero-order valence-corrected chi connectivity index (χ0v) is 11.4. The molecular weight excluding hydrogens is 285 g/mol. The molecule has 0 saturated carbocycles. The minimum Gasteiger partial charge on any atom is -0.297 e. The molecule has 21 heavy (non-hydrogen) atoms. The number of rotatable bonds is 3. The number of nitrogens with two attached hydrogens (primary N) is 1. The lowest BCUT2D eigenvalue weighted by atomic mass is 9.96. The molecule has 0 unspecified atom stereocenters. The molecule has 116 valence electrons. The van der Waals surface area contributed by atoms with Gasteiger partial charge in [0.2, 0.25) is 0 Å². The SMILES string of the molecule is NNC(=O)c1ccc(CN2CCC(C(F)(F)F)CC2)nc1. The number of nitrogens with one attached hydrogen (secondary N) is 1. The Morgan fingerprint density at radius 1 is 1.38 bits per heavy atom. The van der Waals surface area contributed by atoms with Gasteiger partial charge in [0.25, 0.3) is 5.91 Å². The van der Waals surface area contributed by atoms with Gasteiger partial charge in [-0.25, -0.2) is 5.84 Å². The Labute approximate surface area is 120 Å². The van der Waals surface area contributed by atoms with Gasteiger partial charge in [0.15, 0.2) is 0 Å². The molecular formula is C13H17F3N4O. The van der Waals surface area contributed by atoms with Crippen LogP contribution < -0.4 is 11.3 Å². The quantitative estimate of drug-likeness (QED) is 0.504. The lowest BCUT2D eigenvalue weighted by Gasteiger charge is -2.32. The van der Waals surface area contributed by atoms with Crippen LogP contribution in [0.1, 0.15) is 28.9 Å². The van der Waals surface area contributed by atoms with Gasteiger partial charge < -0.3 is 0 Å². The monoisotopic (exact) mass is 302 g/mol. The Kier molecular flexibility index (Phi) is 4.79. The van der Waals surface area contributed by atoms with Crippen molar-refractivity contribution in [3.05, 3.63) is 29.6 Å². The lowest BCUT2D eigenvalue weighted by molar-refractivity contribution is -0.185. The summed E-state index contributed by atoms with van der Waals surface area (Å²) in [6.45, 7) is 1.28. The average molecular weight is 302 g/mol. The maximum Gasteiger partial charge on any atom is 0.391 e. The molecule has 8 heteroatoms. The van der Waals surface area contributed by atoms with Gasteiger partial charge in [-0.2, -0.15) is 13.2 Å². The van der Waals surface area contributed by atoms with Crippen LogP contribution in [0.25, 0.3) is 0 Å². The third kappa shape index (κ3) is 4.15. The highest BCUT2D eigenvalue weighted by molar-refractivity contribution is 5.93. The van der Waals surface area contributed by atoms with Crippen LogP contribution >= 0.6 is 0 Å². The van der Waals surface area contributed by atoms with E-state index in [0.717, 1.165) is 0 Å². The molecule has 1 amide bonds. The number of hydrogen-bond donors (Lipinski definition) is 2. The zero-order valence-electron chi connectivity index (χ0n) is 11.4. The number of alkyl halides is 3. The first-order valence-electron chi connectivity index (χ1n) is 6.65. The number of carbonyl (C=O) groups excluding carboxylic acids is 1. The fourth-order valence-corrected chi connectivity index (χ4v) is 2.38. The van der Waals surface area contributed by atoms with Crippen molar-refractivity contribution in [2.24, 2.45) is 11.8 Å². The van der Waals surface area contributed by atoms with Crippen molar-refractivity contribution in [1.29, 1.82) is 0 Å². The number of amides is 1. The van der Waals surface area contributed by atoms with Crippen molar-refractivity contribution in [1.82, 2.24) is 15.3 Å². The first-order chi connectivity index (χ1) is 9.90. The lowest BCUT2D eigenvalue weighted by Crippen LogP contribution is -2.38. The van der Waals surface area contributed by atoms with Gasteiger partial charge in [-0.3, -0.25) is 20.1 Å². The van der Waals surface area contributed by atoms with Gasteiger partial charge in [0, 0.05) is 12.7 Å². The van der Waals surface area contributed by atoms with E-state index in [9.17, 15) is 18.0 Å². The number of nitrogen functional groups attached to an aromatic ring is 1. The maximum absolute atomic E-state index is 12.6. The summed E-state index contributed by atoms with van der Waals surface area (Å²) in [5.41, 5.74) is 3.07. The van der Waals surface area contributed by atoms with E-state index in [1.807, 2.05) is 10.3 Å². The third-order valence-corrected chi connectivity index (χ3v) is 3.65. The van der Waals surface area contributed by atoms with E-state index in [1.54, 1.807) is 12.1 Å². The second-order valence-corrected chi connectivity index (χ2v) is 5.10. The second kappa shape index (κ2) is 6.40. The highest BCUT2D eigenvalue weighted by atomic mass is 19.4. The topological polar surface area (TPSA) is 71.2 Å². The summed E-state index contributed by atoms with van der Waals surface area (Å²) >= 11 is 0. The van der Waals surface area contributed by atoms with Crippen molar-refractivity contribution < 1.29 is 18.0 Å². The van der Waals surface area contributed by atoms with Gasteiger partial charge in [-0.05, 0) is 38.1 Å². The number of hydrazine groups is 1. The molecule has 1 aliphatic heterocycles. The number of aromatic nitrogens is 1. The van der Waals surface area contributed by atoms with Gasteiger partial charge in [-0.1, -0.05) is 0 Å². The maximum atomic E-state index is 12.6. The summed E-state index contributed by atoms with van der Waals surface area (Å²) in [7, 11) is 0. The predicted octanol–water partition coefficient (Wildman–Crippen LogP) is 1.46. The van der Waals surface area contributed by atoms with Crippen LogP contribution in [0.15, 0.2) is 18.3 Å². The van der Waals surface area contributed by atoms with Crippen LogP contribution in [0, 0.1) is 5.92 Å². The molecule has 1 aromatic heterocycles. The second-order valence-electron chi connectivity index (χ2n) is 5.10. The van der Waals surface area contributed by atoms with Crippen molar-refractivity contribution in [2.45, 2.75) is 25.6 Å². The van der Waals surface area contributed by atoms with Gasteiger partial charge >= 0.3 is 6.18 Å². The Balaban J connectivity index is 1.88. The van der Waals surface area contributed by atoms with Crippen LogP contribution in [0.5, 0.6) is 0 Å². The Morgan fingerprint density at radius 2 is 2.05 bits per heavy atom. The molecule has 5 nitrogen and oxygen atoms in total. The van der Waals surface area contributed by atoms with E-state index in [-0.39, 0.29) is 12.8 Å². The first kappa shape index (κ1) is 15.7. The van der Waals surface area contributed by atoms with Crippen LogP contribution in [0.3, 0.4) is 0 Å². The van der Waals surface area contributed by atoms with Crippen molar-refractivity contribution in [3.8, 4) is 0 Å². The Bertz CT molecular complexity index is 481. The van der Waals surface area contributed by atoms with Gasteiger partial charge in [0.05, 0.1) is 17.2 Å². The van der Waals surface area contributed by atoms with Crippen LogP contribution in [0.4, 0.5) is 13.2 Å². The fraction of sp³-hybridized carbons (Fsp3) is 0.538. The summed E-state index contributed by atoms with van der Waals surface area (Å²) in [5.74, 6) is 3.38. The standard InChI is InChI=1S/C13H17F3N4O/c14-13(15,16)10-3-5-20(6-4-10)8-11-2-1-9(7-18-11)12(21)19-17/h1-2,7,10H,3-6,8,17H2,(H,19,21). The zero-order chi connectivity index (χ0) is 15.5. The van der Waals surface area contributed by atoms with E-state index in [0.29, 0.717) is 30.9 Å². The van der Waals surface area contributed by atoms with Crippen LogP contribution in [-0.2, 0) is 6.54 Å². The Hall–Kier alpha value is -1.67. The minimum absolute atomic E-state index is 0.122. The van der Waals surface area contributed by atoms with E-state index >= 15 is 0 Å². The molecule has 1 saturated heterocycles. The number of nitrogens with zero attached hydrogens (tertiary/aromatic N) is 2. The molecule has 0 aliphatic carbocycles. The summed E-state index contributed by atoms with van der Waals surface area (Å²) in [5, 5.41) is 0. The minimum atomic E-state index is -4.10. The molecule has 0 aromatic carbocycles. The molecule has 0 radical (unpaired) electrons. The summed E-state index contributed by atoms with van der Waals surface area (Å²) in [6.07, 6.45) is -2.45. The van der Waals surface area contributed by atoms with E-state index in [1.165, 1.54) is 6.20 Å². The Morgan fingerprint density at radius 3 is 2.52 bits per heavy atom. The highest BCUT2D eigenvalue weighted by Gasteiger charge is 2.40. The van der Waals surface area contributed by atoms with E-state index in [2.05, 4.69) is 4.98 Å². The predicted molar refractivity (Wildman–Crippen MR) is 69.9 cm³/mol. The molecule has 0 bridgehead atoms. The highest BCUT2D eigenvalue weighted by Crippen LogP contribution is 2.34. The number of piperidine rings is 1. The number of likely N-dealkylation sites (tertiary alicyclic amines) is 1. The normalized spacial score (nSPS) is 17.7. The fourth-order valence-electron chi connectivity index (χ4n) is 2.38. The molecule has 2 heterocycles. The van der Waals surface area contributed by atoms with Crippen LogP contribution in [-0.4, -0.2) is 35.1 Å². The van der Waals surface area contributed by atoms with E-state index < -0.39 is 18.0 Å². The largest absolute Gasteiger partial charge is 0.391 e. The van der Waals surface area contributed by atoms with Gasteiger partial charge in [-0.15, -0.1) is 0 Å². The molecule has 0 atom stereocenters. The molecule has 3 N–H and O–H groups in total. The van der Waals surface area contributed by atoms with Crippen molar-refractivity contribution >= 4 is 5.91 Å². The van der Waals surface area contributed by atoms with Crippen molar-refractivity contribution in [3.63, 3.8) is 0 Å². The summed E-state index contributed by atoms with van der Waals surface area (Å²) in [4.78, 5) is 17.3. The van der Waals surface area contributed by atoms with Crippen molar-refractivity contribution in [2.75, 3.05) is 13.1 Å². The first-order valence-corrected chi connectivity index (χ1v) is 6.65. The molecule has 1 aliphatic rings. The smallest absolute Gasteiger partial charge is 0.297 e. The molecule has 0 spiro atoms. The summed E-state index contributed by atoms with van der Waals surface area (Å²) < 4.78 is 37.7. The average Bonchev–Trinajstić information content (AvgIpc) is 2.47. The molecule has 1 aromatic rings. The molecule has 1 fully saturated rings. The van der Waals surface area contributed by atoms with E-state index in [4.69, 9.17) is 5.84 Å².